The van der Waals surface area contributed by atoms with Crippen molar-refractivity contribution in [1.29, 1.82) is 0 Å². The van der Waals surface area contributed by atoms with Gasteiger partial charge in [-0.3, -0.25) is 0 Å². The van der Waals surface area contributed by atoms with Crippen LogP contribution in [0.3, 0.4) is 0 Å². The Hall–Kier alpha value is -12.9. The van der Waals surface area contributed by atoms with Gasteiger partial charge in [0.05, 0.1) is 0 Å². The van der Waals surface area contributed by atoms with Crippen molar-refractivity contribution in [1.82, 2.24) is 0 Å². The molecule has 0 radical (unpaired) electrons. The molecule has 0 unspecified atom stereocenters. The second kappa shape index (κ2) is 31.8. The largest absolute Gasteiger partial charge is 0.489 e. The van der Waals surface area contributed by atoms with Gasteiger partial charge < -0.3 is 20.1 Å². The molecule has 0 saturated heterocycles. The van der Waals surface area contributed by atoms with Crippen LogP contribution >= 0.6 is 0 Å². The molecule has 0 heterocycles. The maximum atomic E-state index is 10.6. The molecule has 0 spiro atoms. The summed E-state index contributed by atoms with van der Waals surface area (Å²) in [5, 5.41) is 42.3. The van der Waals surface area contributed by atoms with Gasteiger partial charge in [-0.25, -0.2) is 0 Å². The molecule has 0 fully saturated rings. The zero-order valence-electron chi connectivity index (χ0n) is 36.9. The topological polar surface area (TPSA) is 80.9 Å². The van der Waals surface area contributed by atoms with Gasteiger partial charge >= 0.3 is 14.2 Å². The zero-order valence-corrected chi connectivity index (χ0v) is 36.9. The molecule has 0 atom stereocenters. The Balaban J connectivity index is 2.85. The molecule has 72 heavy (non-hydrogen) atoms. The predicted molar refractivity (Wildman–Crippen MR) is 285 cm³/mol. The number of terminal acetylenes is 6. The normalized spacial score (nSPS) is 6.75. The van der Waals surface area contributed by atoms with Gasteiger partial charge in [-0.2, -0.15) is 0 Å². The van der Waals surface area contributed by atoms with Gasteiger partial charge in [-0.05, 0) is 283 Å². The fourth-order valence-electron chi connectivity index (χ4n) is 5.15. The summed E-state index contributed by atoms with van der Waals surface area (Å²) in [6, 6.07) is 9.13. The standard InChI is InChI=1S/C66H16B2O4/c1-7-13-19-25-31-37-43-55-49-62(64-52-60(48-42-36-30-24-18-12-6)66(68(71)72)54-58(64)46-40-34-28-22-16-10-4)56(44-38-32-26-20-14-8-2)50-61(55)63-51-59(47-41-35-29-23-17-11-5)65(67(69)70)53-57(63)45-39-33-27-21-15-9-3/h1-6,49-54,69-72H. The van der Waals surface area contributed by atoms with E-state index in [2.05, 4.69) is 249 Å². The van der Waals surface area contributed by atoms with E-state index in [-0.39, 0.29) is 44.3 Å². The van der Waals surface area contributed by atoms with Crippen LogP contribution in [-0.2, 0) is 0 Å². The van der Waals surface area contributed by atoms with Crippen LogP contribution in [0.2, 0.25) is 0 Å². The lowest BCUT2D eigenvalue weighted by Gasteiger charge is -2.17. The first-order valence-electron chi connectivity index (χ1n) is 19.3. The van der Waals surface area contributed by atoms with E-state index in [0.29, 0.717) is 22.3 Å². The number of benzene rings is 3. The zero-order chi connectivity index (χ0) is 52.0. The first kappa shape index (κ1) is 53.4. The smallest absolute Gasteiger partial charge is 0.423 e. The Morgan fingerprint density at radius 3 is 0.597 bits per heavy atom. The maximum Gasteiger partial charge on any atom is 0.489 e. The Kier molecular flexibility index (Phi) is 23.6. The van der Waals surface area contributed by atoms with Crippen LogP contribution in [0.4, 0.5) is 0 Å². The van der Waals surface area contributed by atoms with Crippen molar-refractivity contribution in [2.45, 2.75) is 0 Å². The molecule has 310 valence electrons. The molecule has 3 rings (SSSR count). The highest BCUT2D eigenvalue weighted by atomic mass is 16.4. The van der Waals surface area contributed by atoms with Crippen LogP contribution in [-0.4, -0.2) is 34.3 Å². The second-order valence-corrected chi connectivity index (χ2v) is 12.0. The van der Waals surface area contributed by atoms with E-state index in [1.165, 1.54) is 24.3 Å². The summed E-state index contributed by atoms with van der Waals surface area (Å²) in [6.07, 6.45) is 31.3. The highest BCUT2D eigenvalue weighted by Gasteiger charge is 2.23. The average Bonchev–Trinajstić information content (AvgIpc) is 3.37. The van der Waals surface area contributed by atoms with Crippen molar-refractivity contribution in [3.05, 3.63) is 69.8 Å². The summed E-state index contributed by atoms with van der Waals surface area (Å²) in [5.74, 6) is 107. The highest BCUT2D eigenvalue weighted by Crippen LogP contribution is 2.35. The SMILES string of the molecule is C#CC#CC#CC#Cc1cc(-c2cc(C#CC#CC#CC#C)c(-c3cc(C#CC#CC#CC#C)c(B(O)O)cc3C#CC#CC#CC#C)cc2C#CC#CC#CC#C)c(C#CC#CC#CC#C)cc1B(O)O. The minimum atomic E-state index is -2.04. The van der Waals surface area contributed by atoms with Gasteiger partial charge in [0.2, 0.25) is 0 Å². The highest BCUT2D eigenvalue weighted by molar-refractivity contribution is 6.60. The van der Waals surface area contributed by atoms with Gasteiger partial charge in [-0.1, -0.05) is 35.5 Å². The van der Waals surface area contributed by atoms with Crippen LogP contribution in [0.25, 0.3) is 22.3 Å². The fraction of sp³-hybridized carbons (Fsp3) is 0. The lowest BCUT2D eigenvalue weighted by Crippen LogP contribution is -2.33. The van der Waals surface area contributed by atoms with Gasteiger partial charge in [0.15, 0.2) is 0 Å². The molecule has 0 aromatic heterocycles. The van der Waals surface area contributed by atoms with Crippen molar-refractivity contribution in [3.63, 3.8) is 0 Å². The molecule has 6 heteroatoms. The van der Waals surface area contributed by atoms with Crippen LogP contribution in [0.5, 0.6) is 0 Å². The summed E-state index contributed by atoms with van der Waals surface area (Å²) in [4.78, 5) is 0. The number of rotatable bonds is 4. The van der Waals surface area contributed by atoms with Crippen molar-refractivity contribution in [2.24, 2.45) is 0 Å². The lowest BCUT2D eigenvalue weighted by molar-refractivity contribution is 0.424. The molecule has 3 aromatic carbocycles. The van der Waals surface area contributed by atoms with E-state index in [9.17, 15) is 20.1 Å². The second-order valence-electron chi connectivity index (χ2n) is 12.0. The third-order valence-corrected chi connectivity index (χ3v) is 7.79. The molecule has 0 aliphatic heterocycles. The van der Waals surface area contributed by atoms with Crippen molar-refractivity contribution < 1.29 is 20.1 Å². The minimum Gasteiger partial charge on any atom is -0.423 e. The van der Waals surface area contributed by atoms with Gasteiger partial charge in [0.25, 0.3) is 0 Å². The van der Waals surface area contributed by atoms with Crippen molar-refractivity contribution in [2.75, 3.05) is 0 Å². The summed E-state index contributed by atoms with van der Waals surface area (Å²) in [6.45, 7) is 0. The van der Waals surface area contributed by atoms with Crippen LogP contribution in [0.1, 0.15) is 33.4 Å². The van der Waals surface area contributed by atoms with Crippen molar-refractivity contribution in [3.8, 4) is 309 Å². The minimum absolute atomic E-state index is 0.0538. The van der Waals surface area contributed by atoms with Crippen molar-refractivity contribution >= 4 is 25.2 Å². The Morgan fingerprint density at radius 2 is 0.389 bits per heavy atom. The van der Waals surface area contributed by atoms with Gasteiger partial charge in [-0.15, -0.1) is 38.5 Å². The molecule has 0 amide bonds. The van der Waals surface area contributed by atoms with Crippen LogP contribution in [0, 0.1) is 287 Å². The summed E-state index contributed by atoms with van der Waals surface area (Å²) < 4.78 is 0. The quantitative estimate of drug-likeness (QED) is 0.225. The predicted octanol–water partition coefficient (Wildman–Crippen LogP) is 0.329. The fourth-order valence-corrected chi connectivity index (χ4v) is 5.15. The summed E-state index contributed by atoms with van der Waals surface area (Å²) in [7, 11) is -4.09. The molecule has 0 aliphatic carbocycles. The first-order chi connectivity index (χ1) is 35.2. The Bertz CT molecular complexity index is 4060. The molecule has 0 saturated carbocycles. The Morgan fingerprint density at radius 1 is 0.222 bits per heavy atom. The number of hydrogen-bond acceptors (Lipinski definition) is 4. The van der Waals surface area contributed by atoms with Gasteiger partial charge in [0, 0.05) is 33.4 Å². The third-order valence-electron chi connectivity index (χ3n) is 7.79. The average molecular weight is 894 g/mol. The Labute approximate surface area is 422 Å². The lowest BCUT2D eigenvalue weighted by atomic mass is 9.74. The van der Waals surface area contributed by atoms with Gasteiger partial charge in [0.1, 0.15) is 0 Å². The van der Waals surface area contributed by atoms with E-state index in [1.807, 2.05) is 0 Å². The molecular formula is C66H16B2O4. The number of hydrogen-bond donors (Lipinski definition) is 4. The third kappa shape index (κ3) is 18.3. The van der Waals surface area contributed by atoms with E-state index < -0.39 is 14.2 Å². The van der Waals surface area contributed by atoms with E-state index >= 15 is 0 Å². The molecule has 0 bridgehead atoms. The van der Waals surface area contributed by atoms with E-state index in [0.717, 1.165) is 0 Å². The molecule has 4 nitrogen and oxygen atoms in total. The first-order valence-corrected chi connectivity index (χ1v) is 19.3. The molecule has 0 aliphatic rings. The summed E-state index contributed by atoms with van der Waals surface area (Å²) in [5.41, 5.74) is 2.32. The maximum absolute atomic E-state index is 10.6. The summed E-state index contributed by atoms with van der Waals surface area (Å²) >= 11 is 0. The van der Waals surface area contributed by atoms with E-state index in [4.69, 9.17) is 38.5 Å². The molecular weight excluding hydrogens is 878 g/mol. The molecule has 3 aromatic rings. The monoisotopic (exact) mass is 894 g/mol. The molecule has 4 N–H and O–H groups in total. The van der Waals surface area contributed by atoms with Crippen LogP contribution < -0.4 is 10.9 Å². The van der Waals surface area contributed by atoms with E-state index in [1.54, 1.807) is 12.1 Å². The van der Waals surface area contributed by atoms with Crippen LogP contribution in [0.15, 0.2) is 36.4 Å².